The summed E-state index contributed by atoms with van der Waals surface area (Å²) < 4.78 is 49.6. The van der Waals surface area contributed by atoms with E-state index in [-0.39, 0.29) is 27.3 Å². The first-order chi connectivity index (χ1) is 15.1. The minimum absolute atomic E-state index is 0.0407. The fourth-order valence-corrected chi connectivity index (χ4v) is 5.30. The van der Waals surface area contributed by atoms with Gasteiger partial charge in [0.25, 0.3) is 10.0 Å². The van der Waals surface area contributed by atoms with Crippen LogP contribution in [0.1, 0.15) is 17.7 Å². The Morgan fingerprint density at radius 2 is 1.62 bits per heavy atom. The molecule has 1 amide bonds. The van der Waals surface area contributed by atoms with E-state index in [0.717, 1.165) is 16.9 Å². The molecule has 0 fully saturated rings. The highest BCUT2D eigenvalue weighted by Gasteiger charge is 2.16. The van der Waals surface area contributed by atoms with Gasteiger partial charge in [0.2, 0.25) is 15.9 Å². The van der Waals surface area contributed by atoms with Crippen LogP contribution in [0, 0.1) is 0 Å². The van der Waals surface area contributed by atoms with Crippen LogP contribution in [0.5, 0.6) is 0 Å². The van der Waals surface area contributed by atoms with Crippen LogP contribution in [0.25, 0.3) is 0 Å². The van der Waals surface area contributed by atoms with E-state index in [1.807, 2.05) is 0 Å². The Kier molecular flexibility index (Phi) is 7.61. The molecule has 4 N–H and O–H groups in total. The van der Waals surface area contributed by atoms with E-state index < -0.39 is 20.0 Å². The highest BCUT2D eigenvalue weighted by Crippen LogP contribution is 2.20. The summed E-state index contributed by atoms with van der Waals surface area (Å²) >= 11 is 1.16. The van der Waals surface area contributed by atoms with Crippen molar-refractivity contribution in [2.75, 3.05) is 11.3 Å². The van der Waals surface area contributed by atoms with E-state index in [9.17, 15) is 21.6 Å². The lowest BCUT2D eigenvalue weighted by Crippen LogP contribution is -2.25. The number of aromatic nitrogens is 1. The van der Waals surface area contributed by atoms with Crippen molar-refractivity contribution in [3.63, 3.8) is 0 Å². The lowest BCUT2D eigenvalue weighted by molar-refractivity contribution is -0.121. The number of aryl methyl sites for hydroxylation is 1. The lowest BCUT2D eigenvalue weighted by Gasteiger charge is -2.06. The number of rotatable bonds is 10. The summed E-state index contributed by atoms with van der Waals surface area (Å²) in [7, 11) is -7.42. The first-order valence-electron chi connectivity index (χ1n) is 9.54. The summed E-state index contributed by atoms with van der Waals surface area (Å²) in [5.74, 6) is -0.162. The van der Waals surface area contributed by atoms with E-state index in [1.54, 1.807) is 35.7 Å². The third kappa shape index (κ3) is 6.85. The maximum Gasteiger partial charge on any atom is 0.263 e. The molecular formula is C20H22N4O5S3. The second-order valence-corrected chi connectivity index (χ2v) is 11.0. The van der Waals surface area contributed by atoms with Crippen LogP contribution >= 0.6 is 11.3 Å². The number of primary sulfonamides is 1. The van der Waals surface area contributed by atoms with Gasteiger partial charge >= 0.3 is 0 Å². The first-order valence-corrected chi connectivity index (χ1v) is 13.4. The molecule has 0 saturated carbocycles. The zero-order valence-corrected chi connectivity index (χ0v) is 19.3. The average Bonchev–Trinajstić information content (AvgIpc) is 3.19. The summed E-state index contributed by atoms with van der Waals surface area (Å²) in [6.07, 6.45) is 1.12. The fraction of sp³-hybridized carbons (Fsp3) is 0.200. The highest BCUT2D eigenvalue weighted by atomic mass is 32.2. The molecule has 2 aromatic carbocycles. The van der Waals surface area contributed by atoms with E-state index in [4.69, 9.17) is 5.14 Å². The van der Waals surface area contributed by atoms with Crippen LogP contribution in [0.2, 0.25) is 0 Å². The molecule has 0 saturated heterocycles. The van der Waals surface area contributed by atoms with E-state index in [1.165, 1.54) is 24.3 Å². The van der Waals surface area contributed by atoms with Gasteiger partial charge in [0.05, 0.1) is 15.5 Å². The number of carbonyl (C=O) groups is 1. The Hall–Kier alpha value is -2.80. The third-order valence-corrected chi connectivity index (χ3v) is 7.64. The Morgan fingerprint density at radius 1 is 0.938 bits per heavy atom. The summed E-state index contributed by atoms with van der Waals surface area (Å²) in [5.41, 5.74) is 1.49. The van der Waals surface area contributed by atoms with Gasteiger partial charge in [-0.3, -0.25) is 9.52 Å². The average molecular weight is 495 g/mol. The van der Waals surface area contributed by atoms with Gasteiger partial charge in [0, 0.05) is 18.3 Å². The Morgan fingerprint density at radius 3 is 2.28 bits per heavy atom. The fourth-order valence-electron chi connectivity index (χ4n) is 2.76. The largest absolute Gasteiger partial charge is 0.356 e. The van der Waals surface area contributed by atoms with Gasteiger partial charge in [0.15, 0.2) is 5.13 Å². The van der Waals surface area contributed by atoms with Crippen molar-refractivity contribution < 1.29 is 21.6 Å². The van der Waals surface area contributed by atoms with Crippen molar-refractivity contribution in [2.24, 2.45) is 5.14 Å². The number of thiazole rings is 1. The molecule has 1 heterocycles. The summed E-state index contributed by atoms with van der Waals surface area (Å²) in [4.78, 5) is 16.5. The number of nitrogens with one attached hydrogen (secondary N) is 2. The van der Waals surface area contributed by atoms with Crippen molar-refractivity contribution in [1.82, 2.24) is 10.3 Å². The SMILES string of the molecule is NS(=O)(=O)c1ccc(CCNC(=O)CCc2csc(NS(=O)(=O)c3ccccc3)n2)cc1. The van der Waals surface area contributed by atoms with Crippen LogP contribution in [0.3, 0.4) is 0 Å². The van der Waals surface area contributed by atoms with Crippen molar-refractivity contribution in [3.05, 3.63) is 71.2 Å². The van der Waals surface area contributed by atoms with Crippen molar-refractivity contribution in [2.45, 2.75) is 29.1 Å². The molecule has 0 bridgehead atoms. The molecule has 0 unspecified atom stereocenters. The molecule has 0 radical (unpaired) electrons. The van der Waals surface area contributed by atoms with Crippen molar-refractivity contribution in [1.29, 1.82) is 0 Å². The number of nitrogens with two attached hydrogens (primary N) is 1. The number of hydrogen-bond donors (Lipinski definition) is 3. The van der Waals surface area contributed by atoms with Gasteiger partial charge in [0.1, 0.15) is 0 Å². The van der Waals surface area contributed by atoms with E-state index in [0.29, 0.717) is 25.1 Å². The normalized spacial score (nSPS) is 11.8. The first kappa shape index (κ1) is 23.9. The number of sulfonamides is 2. The lowest BCUT2D eigenvalue weighted by atomic mass is 10.1. The van der Waals surface area contributed by atoms with Crippen LogP contribution in [-0.2, 0) is 37.7 Å². The van der Waals surface area contributed by atoms with Crippen LogP contribution in [0.4, 0.5) is 5.13 Å². The van der Waals surface area contributed by atoms with Gasteiger partial charge in [-0.25, -0.2) is 27.0 Å². The van der Waals surface area contributed by atoms with Crippen LogP contribution < -0.4 is 15.2 Å². The monoisotopic (exact) mass is 494 g/mol. The van der Waals surface area contributed by atoms with Crippen LogP contribution in [-0.4, -0.2) is 34.3 Å². The topological polar surface area (TPSA) is 148 Å². The molecule has 0 aliphatic rings. The summed E-state index contributed by atoms with van der Waals surface area (Å²) in [5, 5.41) is 9.81. The minimum Gasteiger partial charge on any atom is -0.356 e. The number of anilines is 1. The molecular weight excluding hydrogens is 472 g/mol. The maximum absolute atomic E-state index is 12.3. The standard InChI is InChI=1S/C20H22N4O5S3/c21-31(26,27)17-9-6-15(7-10-17)12-13-22-19(25)11-8-16-14-30-20(23-16)24-32(28,29)18-4-2-1-3-5-18/h1-7,9-10,14H,8,11-13H2,(H,22,25)(H,23,24)(H2,21,26,27). The van der Waals surface area contributed by atoms with Crippen molar-refractivity contribution in [3.8, 4) is 0 Å². The van der Waals surface area contributed by atoms with Gasteiger partial charge < -0.3 is 5.32 Å². The van der Waals surface area contributed by atoms with Gasteiger partial charge in [-0.05, 0) is 42.7 Å². The summed E-state index contributed by atoms with van der Waals surface area (Å²) in [6, 6.07) is 14.2. The predicted octanol–water partition coefficient (Wildman–Crippen LogP) is 1.88. The predicted molar refractivity (Wildman–Crippen MR) is 122 cm³/mol. The maximum atomic E-state index is 12.3. The van der Waals surface area contributed by atoms with Crippen molar-refractivity contribution >= 4 is 42.4 Å². The minimum atomic E-state index is -3.72. The Bertz CT molecular complexity index is 1270. The molecule has 3 rings (SSSR count). The molecule has 170 valence electrons. The van der Waals surface area contributed by atoms with Gasteiger partial charge in [-0.15, -0.1) is 11.3 Å². The highest BCUT2D eigenvalue weighted by molar-refractivity contribution is 7.93. The second-order valence-electron chi connectivity index (χ2n) is 6.85. The molecule has 0 spiro atoms. The molecule has 0 atom stereocenters. The molecule has 9 nitrogen and oxygen atoms in total. The molecule has 0 aliphatic carbocycles. The number of nitrogens with zero attached hydrogens (tertiary/aromatic N) is 1. The second kappa shape index (κ2) is 10.2. The zero-order valence-electron chi connectivity index (χ0n) is 16.9. The van der Waals surface area contributed by atoms with E-state index >= 15 is 0 Å². The Labute approximate surface area is 190 Å². The molecule has 0 aliphatic heterocycles. The van der Waals surface area contributed by atoms with Crippen LogP contribution in [0.15, 0.2) is 69.8 Å². The third-order valence-electron chi connectivity index (χ3n) is 4.42. The smallest absolute Gasteiger partial charge is 0.263 e. The Balaban J connectivity index is 1.43. The summed E-state index contributed by atoms with van der Waals surface area (Å²) in [6.45, 7) is 0.396. The number of benzene rings is 2. The van der Waals surface area contributed by atoms with Gasteiger partial charge in [-0.2, -0.15) is 0 Å². The van der Waals surface area contributed by atoms with Gasteiger partial charge in [-0.1, -0.05) is 30.3 Å². The molecule has 1 aromatic heterocycles. The quantitative estimate of drug-likeness (QED) is 0.392. The molecule has 12 heteroatoms. The zero-order chi connectivity index (χ0) is 23.2. The van der Waals surface area contributed by atoms with E-state index in [2.05, 4.69) is 15.0 Å². The number of carbonyl (C=O) groups excluding carboxylic acids is 1. The molecule has 3 aromatic rings. The number of hydrogen-bond acceptors (Lipinski definition) is 7. The number of amides is 1. The molecule has 32 heavy (non-hydrogen) atoms.